The predicted octanol–water partition coefficient (Wildman–Crippen LogP) is 3.76. The Kier molecular flexibility index (Phi) is 3.97. The van der Waals surface area contributed by atoms with Crippen LogP contribution in [0.3, 0.4) is 0 Å². The first-order valence-corrected chi connectivity index (χ1v) is 7.15. The van der Waals surface area contributed by atoms with Crippen LogP contribution in [0, 0.1) is 13.8 Å². The van der Waals surface area contributed by atoms with Gasteiger partial charge in [0.2, 0.25) is 0 Å². The summed E-state index contributed by atoms with van der Waals surface area (Å²) in [6, 6.07) is 6.31. The normalized spacial score (nSPS) is 12.7. The van der Waals surface area contributed by atoms with Gasteiger partial charge in [-0.1, -0.05) is 0 Å². The largest absolute Gasteiger partial charge is 0.324 e. The van der Waals surface area contributed by atoms with Gasteiger partial charge in [-0.3, -0.25) is 4.98 Å². The Bertz CT molecular complexity index is 502. The number of hydrogen-bond acceptors (Lipinski definition) is 3. The number of aryl methyl sites for hydroxylation is 2. The van der Waals surface area contributed by atoms with E-state index in [0.717, 1.165) is 22.3 Å². The zero-order chi connectivity index (χ0) is 12.4. The van der Waals surface area contributed by atoms with E-state index in [-0.39, 0.29) is 6.04 Å². The van der Waals surface area contributed by atoms with E-state index >= 15 is 0 Å². The molecule has 2 rings (SSSR count). The van der Waals surface area contributed by atoms with Crippen LogP contribution in [0.4, 0.5) is 0 Å². The van der Waals surface area contributed by atoms with E-state index in [0.29, 0.717) is 0 Å². The minimum atomic E-state index is 0.0425. The first kappa shape index (κ1) is 12.7. The van der Waals surface area contributed by atoms with Crippen molar-refractivity contribution in [3.05, 3.63) is 49.9 Å². The molecule has 0 fully saturated rings. The zero-order valence-corrected chi connectivity index (χ0v) is 12.3. The molecule has 0 aliphatic rings. The van der Waals surface area contributed by atoms with E-state index in [4.69, 9.17) is 5.73 Å². The fourth-order valence-electron chi connectivity index (χ4n) is 1.88. The molecule has 2 heterocycles. The summed E-state index contributed by atoms with van der Waals surface area (Å²) in [5, 5.41) is 2.09. The Labute approximate surface area is 114 Å². The third-order valence-corrected chi connectivity index (χ3v) is 4.29. The summed E-state index contributed by atoms with van der Waals surface area (Å²) in [7, 11) is 0. The monoisotopic (exact) mass is 310 g/mol. The highest BCUT2D eigenvalue weighted by Gasteiger charge is 2.10. The Morgan fingerprint density at radius 2 is 1.94 bits per heavy atom. The molecule has 90 valence electrons. The molecule has 1 atom stereocenters. The second-order valence-corrected chi connectivity index (χ2v) is 6.14. The average Bonchev–Trinajstić information content (AvgIpc) is 2.62. The summed E-state index contributed by atoms with van der Waals surface area (Å²) < 4.78 is 1.13. The number of rotatable bonds is 3. The molecule has 0 radical (unpaired) electrons. The minimum Gasteiger partial charge on any atom is -0.324 e. The van der Waals surface area contributed by atoms with Gasteiger partial charge in [-0.25, -0.2) is 0 Å². The fraction of sp³-hybridized carbons (Fsp3) is 0.308. The van der Waals surface area contributed by atoms with Crippen molar-refractivity contribution >= 4 is 27.3 Å². The SMILES string of the molecule is Cc1cc(C(N)Cc2cc(Br)cs2)cc(C)n1. The molecule has 2 N–H and O–H groups in total. The molecule has 0 spiro atoms. The van der Waals surface area contributed by atoms with Gasteiger partial charge in [-0.05, 0) is 53.5 Å². The van der Waals surface area contributed by atoms with E-state index in [1.807, 2.05) is 13.8 Å². The Morgan fingerprint density at radius 1 is 1.29 bits per heavy atom. The van der Waals surface area contributed by atoms with E-state index in [1.54, 1.807) is 11.3 Å². The number of pyridine rings is 1. The highest BCUT2D eigenvalue weighted by atomic mass is 79.9. The standard InChI is InChI=1S/C13H15BrN2S/c1-8-3-10(4-9(2)16-8)13(15)6-12-5-11(14)7-17-12/h3-5,7,13H,6,15H2,1-2H3. The van der Waals surface area contributed by atoms with Crippen LogP contribution in [0.15, 0.2) is 28.1 Å². The second kappa shape index (κ2) is 5.29. The van der Waals surface area contributed by atoms with Crippen molar-refractivity contribution in [2.45, 2.75) is 26.3 Å². The summed E-state index contributed by atoms with van der Waals surface area (Å²) in [4.78, 5) is 5.67. The molecule has 2 nitrogen and oxygen atoms in total. The maximum atomic E-state index is 6.24. The molecule has 2 aromatic rings. The van der Waals surface area contributed by atoms with Gasteiger partial charge in [-0.15, -0.1) is 11.3 Å². The lowest BCUT2D eigenvalue weighted by Crippen LogP contribution is -2.13. The molecule has 0 amide bonds. The van der Waals surface area contributed by atoms with Crippen molar-refractivity contribution < 1.29 is 0 Å². The van der Waals surface area contributed by atoms with Crippen molar-refractivity contribution in [1.29, 1.82) is 0 Å². The van der Waals surface area contributed by atoms with Crippen LogP contribution >= 0.6 is 27.3 Å². The van der Waals surface area contributed by atoms with E-state index in [1.165, 1.54) is 10.4 Å². The van der Waals surface area contributed by atoms with E-state index in [2.05, 4.69) is 44.5 Å². The van der Waals surface area contributed by atoms with Gasteiger partial charge < -0.3 is 5.73 Å². The Morgan fingerprint density at radius 3 is 2.47 bits per heavy atom. The lowest BCUT2D eigenvalue weighted by Gasteiger charge is -2.12. The first-order chi connectivity index (χ1) is 8.04. The molecule has 0 aromatic carbocycles. The number of aromatic nitrogens is 1. The summed E-state index contributed by atoms with van der Waals surface area (Å²) in [5.74, 6) is 0. The molecular weight excluding hydrogens is 296 g/mol. The molecule has 17 heavy (non-hydrogen) atoms. The lowest BCUT2D eigenvalue weighted by atomic mass is 10.0. The van der Waals surface area contributed by atoms with Crippen LogP contribution in [-0.2, 0) is 6.42 Å². The van der Waals surface area contributed by atoms with Gasteiger partial charge in [0, 0.05) is 38.6 Å². The summed E-state index contributed by atoms with van der Waals surface area (Å²) in [6.07, 6.45) is 0.874. The fourth-order valence-corrected chi connectivity index (χ4v) is 3.39. The van der Waals surface area contributed by atoms with E-state index < -0.39 is 0 Å². The first-order valence-electron chi connectivity index (χ1n) is 5.48. The van der Waals surface area contributed by atoms with Crippen LogP contribution in [-0.4, -0.2) is 4.98 Å². The Balaban J connectivity index is 2.16. The number of nitrogens with two attached hydrogens (primary N) is 1. The summed E-state index contributed by atoms with van der Waals surface area (Å²) >= 11 is 5.20. The van der Waals surface area contributed by atoms with Crippen molar-refractivity contribution in [2.24, 2.45) is 5.73 Å². The minimum absolute atomic E-state index is 0.0425. The summed E-state index contributed by atoms with van der Waals surface area (Å²) in [6.45, 7) is 4.01. The van der Waals surface area contributed by atoms with Gasteiger partial charge in [0.15, 0.2) is 0 Å². The third kappa shape index (κ3) is 3.37. The van der Waals surface area contributed by atoms with Crippen molar-refractivity contribution in [2.75, 3.05) is 0 Å². The smallest absolute Gasteiger partial charge is 0.0379 e. The number of halogens is 1. The van der Waals surface area contributed by atoms with Gasteiger partial charge in [0.05, 0.1) is 0 Å². The highest BCUT2D eigenvalue weighted by Crippen LogP contribution is 2.24. The number of thiophene rings is 1. The van der Waals surface area contributed by atoms with Crippen molar-refractivity contribution in [3.63, 3.8) is 0 Å². The predicted molar refractivity (Wildman–Crippen MR) is 76.4 cm³/mol. The van der Waals surface area contributed by atoms with Crippen LogP contribution in [0.25, 0.3) is 0 Å². The van der Waals surface area contributed by atoms with Gasteiger partial charge in [-0.2, -0.15) is 0 Å². The molecule has 0 saturated carbocycles. The van der Waals surface area contributed by atoms with Crippen molar-refractivity contribution in [1.82, 2.24) is 4.98 Å². The van der Waals surface area contributed by atoms with Crippen LogP contribution in [0.1, 0.15) is 27.9 Å². The molecule has 2 aromatic heterocycles. The molecule has 4 heteroatoms. The van der Waals surface area contributed by atoms with Crippen LogP contribution < -0.4 is 5.73 Å². The number of hydrogen-bond donors (Lipinski definition) is 1. The molecule has 0 aliphatic carbocycles. The third-order valence-electron chi connectivity index (χ3n) is 2.57. The Hall–Kier alpha value is -0.710. The number of nitrogens with zero attached hydrogens (tertiary/aromatic N) is 1. The van der Waals surface area contributed by atoms with Crippen molar-refractivity contribution in [3.8, 4) is 0 Å². The molecular formula is C13H15BrN2S. The van der Waals surface area contributed by atoms with Gasteiger partial charge >= 0.3 is 0 Å². The topological polar surface area (TPSA) is 38.9 Å². The van der Waals surface area contributed by atoms with Gasteiger partial charge in [0.25, 0.3) is 0 Å². The highest BCUT2D eigenvalue weighted by molar-refractivity contribution is 9.10. The average molecular weight is 311 g/mol. The maximum absolute atomic E-state index is 6.24. The quantitative estimate of drug-likeness (QED) is 0.937. The van der Waals surface area contributed by atoms with Crippen LogP contribution in [0.5, 0.6) is 0 Å². The second-order valence-electron chi connectivity index (χ2n) is 4.23. The molecule has 0 saturated heterocycles. The molecule has 0 bridgehead atoms. The van der Waals surface area contributed by atoms with E-state index in [9.17, 15) is 0 Å². The van der Waals surface area contributed by atoms with Crippen LogP contribution in [0.2, 0.25) is 0 Å². The molecule has 0 aliphatic heterocycles. The molecule has 1 unspecified atom stereocenters. The van der Waals surface area contributed by atoms with Gasteiger partial charge in [0.1, 0.15) is 0 Å². The summed E-state index contributed by atoms with van der Waals surface area (Å²) in [5.41, 5.74) is 9.46. The lowest BCUT2D eigenvalue weighted by molar-refractivity contribution is 0.725. The maximum Gasteiger partial charge on any atom is 0.0379 e. The zero-order valence-electron chi connectivity index (χ0n) is 9.90.